The zero-order valence-corrected chi connectivity index (χ0v) is 10.4. The van der Waals surface area contributed by atoms with E-state index < -0.39 is 9.84 Å². The number of unbranched alkanes of at least 4 members (excludes halogenated alkanes) is 2. The average Bonchev–Trinajstić information content (AvgIpc) is 2.35. The van der Waals surface area contributed by atoms with Crippen molar-refractivity contribution < 1.29 is 13.5 Å². The molecule has 0 aromatic heterocycles. The third-order valence-electron chi connectivity index (χ3n) is 2.17. The lowest BCUT2D eigenvalue weighted by atomic mass is 10.2. The molecule has 0 bridgehead atoms. The normalized spacial score (nSPS) is 10.6. The minimum atomic E-state index is -3.37. The van der Waals surface area contributed by atoms with Crippen molar-refractivity contribution in [2.45, 2.75) is 24.2 Å². The predicted molar refractivity (Wildman–Crippen MR) is 67.2 cm³/mol. The van der Waals surface area contributed by atoms with Gasteiger partial charge in [-0.2, -0.15) is 0 Å². The Morgan fingerprint density at radius 1 is 1.18 bits per heavy atom. The van der Waals surface area contributed by atoms with Crippen molar-refractivity contribution in [1.29, 1.82) is 0 Å². The standard InChI is InChI=1S/C13H16O3S/c14-11-7-2-1-3-8-12-17(15,16)13-9-5-4-6-10-13/h3-6,9-10,12,14H,1-2,7,11H2. The minimum Gasteiger partial charge on any atom is -0.396 e. The number of hydrogen-bond donors (Lipinski definition) is 1. The van der Waals surface area contributed by atoms with Crippen LogP contribution in [-0.2, 0) is 9.84 Å². The molecule has 0 saturated heterocycles. The molecule has 0 aliphatic rings. The molecule has 0 heterocycles. The van der Waals surface area contributed by atoms with Crippen LogP contribution >= 0.6 is 0 Å². The van der Waals surface area contributed by atoms with Crippen molar-refractivity contribution in [2.75, 3.05) is 6.61 Å². The number of benzene rings is 1. The van der Waals surface area contributed by atoms with E-state index in [2.05, 4.69) is 5.73 Å². The Morgan fingerprint density at radius 2 is 1.88 bits per heavy atom. The summed E-state index contributed by atoms with van der Waals surface area (Å²) in [5.74, 6) is 0. The fourth-order valence-electron chi connectivity index (χ4n) is 1.26. The molecule has 4 heteroatoms. The van der Waals surface area contributed by atoms with E-state index in [0.717, 1.165) is 24.7 Å². The molecular formula is C13H16O3S. The van der Waals surface area contributed by atoms with Gasteiger partial charge in [-0.25, -0.2) is 8.42 Å². The summed E-state index contributed by atoms with van der Waals surface area (Å²) < 4.78 is 23.5. The van der Waals surface area contributed by atoms with E-state index in [0.29, 0.717) is 0 Å². The highest BCUT2D eigenvalue weighted by atomic mass is 32.2. The van der Waals surface area contributed by atoms with Gasteiger partial charge in [0.2, 0.25) is 9.84 Å². The van der Waals surface area contributed by atoms with E-state index in [1.807, 2.05) is 0 Å². The zero-order valence-electron chi connectivity index (χ0n) is 9.54. The van der Waals surface area contributed by atoms with E-state index in [1.165, 1.54) is 0 Å². The molecule has 1 aromatic rings. The number of sulfone groups is 1. The average molecular weight is 252 g/mol. The summed E-state index contributed by atoms with van der Waals surface area (Å²) in [7, 11) is -3.37. The number of hydrogen-bond acceptors (Lipinski definition) is 3. The third-order valence-corrected chi connectivity index (χ3v) is 3.54. The molecule has 0 radical (unpaired) electrons. The fraction of sp³-hybridized carbons (Fsp3) is 0.308. The Balaban J connectivity index is 2.64. The van der Waals surface area contributed by atoms with Crippen LogP contribution in [-0.4, -0.2) is 20.1 Å². The van der Waals surface area contributed by atoms with E-state index in [9.17, 15) is 8.42 Å². The van der Waals surface area contributed by atoms with Crippen molar-refractivity contribution >= 4 is 9.84 Å². The molecule has 0 saturated carbocycles. The summed E-state index contributed by atoms with van der Waals surface area (Å²) in [5.41, 5.74) is 2.66. The summed E-state index contributed by atoms with van der Waals surface area (Å²) >= 11 is 0. The summed E-state index contributed by atoms with van der Waals surface area (Å²) in [6.45, 7) is 0.167. The van der Waals surface area contributed by atoms with Gasteiger partial charge >= 0.3 is 0 Å². The number of aliphatic hydroxyl groups is 1. The number of rotatable bonds is 6. The smallest absolute Gasteiger partial charge is 0.207 e. The van der Waals surface area contributed by atoms with E-state index >= 15 is 0 Å². The molecule has 0 aliphatic carbocycles. The van der Waals surface area contributed by atoms with Crippen LogP contribution in [0.25, 0.3) is 0 Å². The Labute approximate surface area is 102 Å². The van der Waals surface area contributed by atoms with Gasteiger partial charge in [-0.1, -0.05) is 18.2 Å². The lowest BCUT2D eigenvalue weighted by Gasteiger charge is -1.95. The first-order chi connectivity index (χ1) is 8.17. The van der Waals surface area contributed by atoms with Crippen LogP contribution in [0.15, 0.2) is 52.4 Å². The Hall–Kier alpha value is -1.35. The van der Waals surface area contributed by atoms with E-state index in [1.54, 1.807) is 36.4 Å². The summed E-state index contributed by atoms with van der Waals surface area (Å²) in [4.78, 5) is 0.274. The molecule has 3 nitrogen and oxygen atoms in total. The van der Waals surface area contributed by atoms with Gasteiger partial charge in [0.05, 0.1) is 10.3 Å². The van der Waals surface area contributed by atoms with Crippen LogP contribution < -0.4 is 0 Å². The molecule has 1 rings (SSSR count). The zero-order chi connectivity index (χ0) is 12.6. The van der Waals surface area contributed by atoms with Crippen LogP contribution in [0.1, 0.15) is 19.3 Å². The van der Waals surface area contributed by atoms with Gasteiger partial charge in [0.1, 0.15) is 0 Å². The maximum absolute atomic E-state index is 11.7. The molecule has 0 aliphatic heterocycles. The molecule has 0 fully saturated rings. The Morgan fingerprint density at radius 3 is 2.53 bits per heavy atom. The molecule has 17 heavy (non-hydrogen) atoms. The maximum atomic E-state index is 11.7. The predicted octanol–water partition coefficient (Wildman–Crippen LogP) is 2.29. The second-order valence-electron chi connectivity index (χ2n) is 3.57. The van der Waals surface area contributed by atoms with Gasteiger partial charge in [0, 0.05) is 6.61 Å². The van der Waals surface area contributed by atoms with E-state index in [-0.39, 0.29) is 11.5 Å². The molecule has 0 spiro atoms. The van der Waals surface area contributed by atoms with Gasteiger partial charge in [-0.05, 0) is 37.5 Å². The Bertz CT molecular complexity index is 483. The third kappa shape index (κ3) is 5.00. The maximum Gasteiger partial charge on any atom is 0.207 e. The van der Waals surface area contributed by atoms with Crippen LogP contribution in [0.5, 0.6) is 0 Å². The van der Waals surface area contributed by atoms with Crippen LogP contribution in [0.4, 0.5) is 0 Å². The molecule has 0 unspecified atom stereocenters. The molecule has 0 amide bonds. The van der Waals surface area contributed by atoms with Gasteiger partial charge in [0.25, 0.3) is 0 Å². The number of aliphatic hydroxyl groups excluding tert-OH is 1. The van der Waals surface area contributed by atoms with Crippen LogP contribution in [0, 0.1) is 0 Å². The molecule has 0 atom stereocenters. The molecular weight excluding hydrogens is 236 g/mol. The second-order valence-corrected chi connectivity index (χ2v) is 5.36. The van der Waals surface area contributed by atoms with Gasteiger partial charge in [-0.3, -0.25) is 0 Å². The summed E-state index contributed by atoms with van der Waals surface area (Å²) in [5, 5.41) is 9.65. The highest BCUT2D eigenvalue weighted by Gasteiger charge is 2.07. The highest BCUT2D eigenvalue weighted by Crippen LogP contribution is 2.10. The second kappa shape index (κ2) is 7.07. The largest absolute Gasteiger partial charge is 0.396 e. The summed E-state index contributed by atoms with van der Waals surface area (Å²) in [6, 6.07) is 8.25. The first kappa shape index (κ1) is 13.7. The minimum absolute atomic E-state index is 0.167. The number of allylic oxidation sites excluding steroid dienone is 1. The first-order valence-electron chi connectivity index (χ1n) is 5.49. The van der Waals surface area contributed by atoms with Crippen molar-refractivity contribution in [3.05, 3.63) is 47.5 Å². The fourth-order valence-corrected chi connectivity index (χ4v) is 2.21. The monoisotopic (exact) mass is 252 g/mol. The Kier molecular flexibility index (Phi) is 5.70. The molecule has 92 valence electrons. The van der Waals surface area contributed by atoms with Gasteiger partial charge < -0.3 is 5.11 Å². The first-order valence-corrected chi connectivity index (χ1v) is 7.03. The topological polar surface area (TPSA) is 54.4 Å². The lowest BCUT2D eigenvalue weighted by Crippen LogP contribution is -1.94. The quantitative estimate of drug-likeness (QED) is 0.624. The van der Waals surface area contributed by atoms with Crippen molar-refractivity contribution in [1.82, 2.24) is 0 Å². The van der Waals surface area contributed by atoms with Gasteiger partial charge in [0.15, 0.2) is 0 Å². The lowest BCUT2D eigenvalue weighted by molar-refractivity contribution is 0.285. The van der Waals surface area contributed by atoms with Crippen molar-refractivity contribution in [2.24, 2.45) is 0 Å². The molecule has 1 N–H and O–H groups in total. The van der Waals surface area contributed by atoms with Crippen molar-refractivity contribution in [3.8, 4) is 0 Å². The van der Waals surface area contributed by atoms with Crippen LogP contribution in [0.3, 0.4) is 0 Å². The molecule has 1 aromatic carbocycles. The summed E-state index contributed by atoms with van der Waals surface area (Å²) in [6.07, 6.45) is 3.96. The SMILES string of the molecule is O=S(=O)(C=C=CCCCCO)c1ccccc1. The van der Waals surface area contributed by atoms with Gasteiger partial charge in [-0.15, -0.1) is 5.73 Å². The van der Waals surface area contributed by atoms with E-state index in [4.69, 9.17) is 5.11 Å². The highest BCUT2D eigenvalue weighted by molar-refractivity contribution is 7.94. The van der Waals surface area contributed by atoms with Crippen molar-refractivity contribution in [3.63, 3.8) is 0 Å². The van der Waals surface area contributed by atoms with Crippen LogP contribution in [0.2, 0.25) is 0 Å².